The van der Waals surface area contributed by atoms with Crippen LogP contribution in [0.5, 0.6) is 5.75 Å². The summed E-state index contributed by atoms with van der Waals surface area (Å²) >= 11 is 0. The molecule has 1 N–H and O–H groups in total. The van der Waals surface area contributed by atoms with Crippen molar-refractivity contribution in [3.8, 4) is 5.75 Å². The van der Waals surface area contributed by atoms with Crippen LogP contribution in [0, 0.1) is 13.8 Å². The maximum absolute atomic E-state index is 12.9. The fourth-order valence-corrected chi connectivity index (χ4v) is 3.18. The number of aromatic nitrogens is 1. The van der Waals surface area contributed by atoms with E-state index in [-0.39, 0.29) is 5.91 Å². The highest BCUT2D eigenvalue weighted by molar-refractivity contribution is 6.05. The Kier molecular flexibility index (Phi) is 6.14. The molecule has 1 aromatic heterocycles. The molecule has 0 saturated heterocycles. The van der Waals surface area contributed by atoms with Crippen molar-refractivity contribution in [2.45, 2.75) is 47.1 Å². The fraction of sp³-hybridized carbons (Fsp3) is 0.304. The van der Waals surface area contributed by atoms with Gasteiger partial charge in [0.15, 0.2) is 0 Å². The summed E-state index contributed by atoms with van der Waals surface area (Å²) in [6.45, 7) is 8.28. The van der Waals surface area contributed by atoms with E-state index < -0.39 is 0 Å². The number of aryl methyl sites for hydroxylation is 4. The van der Waals surface area contributed by atoms with E-state index in [1.54, 1.807) is 12.1 Å². The van der Waals surface area contributed by atoms with Crippen molar-refractivity contribution >= 4 is 11.6 Å². The Morgan fingerprint density at radius 3 is 2.36 bits per heavy atom. The molecule has 0 radical (unpaired) electrons. The van der Waals surface area contributed by atoms with E-state index in [0.717, 1.165) is 46.7 Å². The molecule has 0 spiro atoms. The number of nitrogens with one attached hydrogen (secondary N) is 1. The number of benzene rings is 2. The highest BCUT2D eigenvalue weighted by Crippen LogP contribution is 2.24. The summed E-state index contributed by atoms with van der Waals surface area (Å²) in [5.74, 6) is 1.24. The molecule has 0 aliphatic rings. The lowest BCUT2D eigenvalue weighted by Crippen LogP contribution is -2.15. The van der Waals surface area contributed by atoms with Crippen LogP contribution in [0.1, 0.15) is 52.3 Å². The number of hydrogen-bond donors (Lipinski definition) is 1. The van der Waals surface area contributed by atoms with Crippen LogP contribution >= 0.6 is 0 Å². The maximum Gasteiger partial charge on any atom is 0.255 e. The summed E-state index contributed by atoms with van der Waals surface area (Å²) in [5.41, 5.74) is 5.50. The molecule has 5 heteroatoms. The Morgan fingerprint density at radius 1 is 1.07 bits per heavy atom. The second kappa shape index (κ2) is 8.74. The molecule has 0 unspecified atom stereocenters. The molecule has 0 saturated carbocycles. The molecule has 0 aliphatic heterocycles. The largest absolute Gasteiger partial charge is 0.489 e. The first-order valence-corrected chi connectivity index (χ1v) is 9.60. The van der Waals surface area contributed by atoms with Gasteiger partial charge in [-0.1, -0.05) is 43.3 Å². The molecule has 0 aliphatic carbocycles. The first kappa shape index (κ1) is 19.7. The van der Waals surface area contributed by atoms with Gasteiger partial charge in [-0.2, -0.15) is 0 Å². The lowest BCUT2D eigenvalue weighted by atomic mass is 10.0. The van der Waals surface area contributed by atoms with Gasteiger partial charge < -0.3 is 14.6 Å². The SMILES string of the molecule is CCc1cccc(CC)c1NC(=O)c1cccc(OCc2c(C)noc2C)c1. The van der Waals surface area contributed by atoms with Crippen LogP contribution < -0.4 is 10.1 Å². The van der Waals surface area contributed by atoms with Crippen molar-refractivity contribution < 1.29 is 14.1 Å². The summed E-state index contributed by atoms with van der Waals surface area (Å²) in [6.07, 6.45) is 1.73. The summed E-state index contributed by atoms with van der Waals surface area (Å²) in [6, 6.07) is 13.4. The van der Waals surface area contributed by atoms with E-state index in [0.29, 0.717) is 17.9 Å². The van der Waals surface area contributed by atoms with Gasteiger partial charge in [0, 0.05) is 11.3 Å². The van der Waals surface area contributed by atoms with E-state index in [2.05, 4.69) is 36.5 Å². The van der Waals surface area contributed by atoms with Crippen LogP contribution in [0.15, 0.2) is 47.0 Å². The molecule has 28 heavy (non-hydrogen) atoms. The van der Waals surface area contributed by atoms with Crippen LogP contribution in [-0.2, 0) is 19.4 Å². The molecule has 2 aromatic carbocycles. The number of ether oxygens (including phenoxy) is 1. The molecule has 3 rings (SSSR count). The maximum atomic E-state index is 12.9. The predicted octanol–water partition coefficient (Wildman–Crippen LogP) is 5.25. The van der Waals surface area contributed by atoms with Crippen LogP contribution in [0.3, 0.4) is 0 Å². The zero-order chi connectivity index (χ0) is 20.1. The number of carbonyl (C=O) groups is 1. The van der Waals surface area contributed by atoms with Gasteiger partial charge in [-0.3, -0.25) is 4.79 Å². The summed E-state index contributed by atoms with van der Waals surface area (Å²) < 4.78 is 11.0. The zero-order valence-corrected chi connectivity index (χ0v) is 16.8. The number of anilines is 1. The smallest absolute Gasteiger partial charge is 0.255 e. The molecule has 146 valence electrons. The molecule has 1 amide bonds. The second-order valence-corrected chi connectivity index (χ2v) is 6.73. The molecule has 0 bridgehead atoms. The number of carbonyl (C=O) groups excluding carboxylic acids is 1. The minimum Gasteiger partial charge on any atom is -0.489 e. The van der Waals surface area contributed by atoms with Crippen molar-refractivity contribution in [1.29, 1.82) is 0 Å². The molecule has 1 heterocycles. The van der Waals surface area contributed by atoms with E-state index >= 15 is 0 Å². The van der Waals surface area contributed by atoms with E-state index in [4.69, 9.17) is 9.26 Å². The van der Waals surface area contributed by atoms with E-state index in [1.807, 2.05) is 32.0 Å². The molecule has 5 nitrogen and oxygen atoms in total. The van der Waals surface area contributed by atoms with Crippen molar-refractivity contribution in [3.63, 3.8) is 0 Å². The lowest BCUT2D eigenvalue weighted by Gasteiger charge is -2.15. The Bertz CT molecular complexity index is 934. The number of rotatable bonds is 7. The van der Waals surface area contributed by atoms with Gasteiger partial charge >= 0.3 is 0 Å². The van der Waals surface area contributed by atoms with Gasteiger partial charge in [0.05, 0.1) is 11.3 Å². The monoisotopic (exact) mass is 378 g/mol. The fourth-order valence-electron chi connectivity index (χ4n) is 3.18. The van der Waals surface area contributed by atoms with Gasteiger partial charge in [-0.05, 0) is 56.0 Å². The summed E-state index contributed by atoms with van der Waals surface area (Å²) in [5, 5.41) is 7.03. The molecular formula is C23H26N2O3. The van der Waals surface area contributed by atoms with Crippen molar-refractivity contribution in [1.82, 2.24) is 5.16 Å². The van der Waals surface area contributed by atoms with Crippen molar-refractivity contribution in [2.75, 3.05) is 5.32 Å². The minimum atomic E-state index is -0.140. The summed E-state index contributed by atoms with van der Waals surface area (Å²) in [4.78, 5) is 12.9. The Morgan fingerprint density at radius 2 is 1.75 bits per heavy atom. The normalized spacial score (nSPS) is 10.7. The first-order valence-electron chi connectivity index (χ1n) is 9.60. The summed E-state index contributed by atoms with van der Waals surface area (Å²) in [7, 11) is 0. The third-order valence-corrected chi connectivity index (χ3v) is 4.90. The number of nitrogens with zero attached hydrogens (tertiary/aromatic N) is 1. The molecule has 0 fully saturated rings. The number of para-hydroxylation sites is 1. The zero-order valence-electron chi connectivity index (χ0n) is 16.8. The van der Waals surface area contributed by atoms with Gasteiger partial charge in [0.25, 0.3) is 5.91 Å². The average molecular weight is 378 g/mol. The topological polar surface area (TPSA) is 64.4 Å². The average Bonchev–Trinajstić information content (AvgIpc) is 3.04. The molecule has 0 atom stereocenters. The van der Waals surface area contributed by atoms with Crippen LogP contribution in [0.2, 0.25) is 0 Å². The number of amides is 1. The van der Waals surface area contributed by atoms with E-state index in [1.165, 1.54) is 0 Å². The Balaban J connectivity index is 1.76. The van der Waals surface area contributed by atoms with Crippen molar-refractivity contribution in [2.24, 2.45) is 0 Å². The first-order chi connectivity index (χ1) is 13.5. The third kappa shape index (κ3) is 4.25. The predicted molar refractivity (Wildman–Crippen MR) is 110 cm³/mol. The highest BCUT2D eigenvalue weighted by Gasteiger charge is 2.13. The third-order valence-electron chi connectivity index (χ3n) is 4.90. The molecular weight excluding hydrogens is 352 g/mol. The van der Waals surface area contributed by atoms with Crippen molar-refractivity contribution in [3.05, 3.63) is 76.2 Å². The lowest BCUT2D eigenvalue weighted by molar-refractivity contribution is 0.102. The van der Waals surface area contributed by atoms with Crippen LogP contribution in [0.25, 0.3) is 0 Å². The quantitative estimate of drug-likeness (QED) is 0.610. The van der Waals surface area contributed by atoms with Crippen LogP contribution in [0.4, 0.5) is 5.69 Å². The van der Waals surface area contributed by atoms with Gasteiger partial charge in [0.1, 0.15) is 18.1 Å². The standard InChI is InChI=1S/C23H26N2O3/c1-5-17-9-7-10-18(6-2)22(17)24-23(26)19-11-8-12-20(13-19)27-14-21-15(3)25-28-16(21)4/h7-13H,5-6,14H2,1-4H3,(H,24,26). The highest BCUT2D eigenvalue weighted by atomic mass is 16.5. The Labute approximate surface area is 165 Å². The van der Waals surface area contributed by atoms with E-state index in [9.17, 15) is 4.79 Å². The minimum absolute atomic E-state index is 0.140. The Hall–Kier alpha value is -3.08. The number of hydrogen-bond acceptors (Lipinski definition) is 4. The molecule has 3 aromatic rings. The second-order valence-electron chi connectivity index (χ2n) is 6.73. The van der Waals surface area contributed by atoms with Crippen LogP contribution in [-0.4, -0.2) is 11.1 Å². The van der Waals surface area contributed by atoms with Gasteiger partial charge in [-0.15, -0.1) is 0 Å². The van der Waals surface area contributed by atoms with Gasteiger partial charge in [-0.25, -0.2) is 0 Å². The van der Waals surface area contributed by atoms with Gasteiger partial charge in [0.2, 0.25) is 0 Å².